The van der Waals surface area contributed by atoms with Crippen LogP contribution in [-0.2, 0) is 14.9 Å². The monoisotopic (exact) mass is 229 g/mol. The lowest BCUT2D eigenvalue weighted by Gasteiger charge is -1.86. The zero-order chi connectivity index (χ0) is 11.6. The van der Waals surface area contributed by atoms with Crippen LogP contribution in [0.4, 0.5) is 0 Å². The summed E-state index contributed by atoms with van der Waals surface area (Å²) in [5.74, 6) is -1.35. The van der Waals surface area contributed by atoms with Gasteiger partial charge in [-0.3, -0.25) is 9.35 Å². The molecule has 0 atom stereocenters. The molecule has 0 amide bonds. The van der Waals surface area contributed by atoms with Crippen molar-refractivity contribution in [1.29, 1.82) is 0 Å². The van der Waals surface area contributed by atoms with E-state index < -0.39 is 28.4 Å². The van der Waals surface area contributed by atoms with E-state index in [0.29, 0.717) is 13.0 Å². The van der Waals surface area contributed by atoms with Crippen molar-refractivity contribution in [3.05, 3.63) is 0 Å². The average Bonchev–Trinajstić information content (AvgIpc) is 1.99. The second-order valence-electron chi connectivity index (χ2n) is 2.30. The number of carboxylic acids is 1. The number of aliphatic hydroxyl groups is 1. The molecule has 0 saturated carbocycles. The Morgan fingerprint density at radius 3 is 1.93 bits per heavy atom. The van der Waals surface area contributed by atoms with Crippen molar-refractivity contribution in [2.24, 2.45) is 5.73 Å². The second kappa shape index (κ2) is 8.88. The standard InChI is InChI=1S/C4H9NO2.C2H6O4S/c5-3-1-2-4(6)7;3-1-2-7(4,5)6/h1-3,5H2,(H,6,7);3H,1-2H2,(H,4,5,6). The number of carbonyl (C=O) groups is 1. The van der Waals surface area contributed by atoms with Crippen LogP contribution in [0.1, 0.15) is 12.8 Å². The molecule has 5 N–H and O–H groups in total. The molecule has 0 aromatic heterocycles. The van der Waals surface area contributed by atoms with E-state index in [0.717, 1.165) is 0 Å². The number of nitrogens with two attached hydrogens (primary N) is 1. The number of carboxylic acid groups (broad SMARTS) is 1. The summed E-state index contributed by atoms with van der Waals surface area (Å²) in [7, 11) is -3.92. The molecule has 0 aliphatic heterocycles. The van der Waals surface area contributed by atoms with Crippen molar-refractivity contribution < 1.29 is 28.0 Å². The summed E-state index contributed by atoms with van der Waals surface area (Å²) in [6.45, 7) is -0.0644. The van der Waals surface area contributed by atoms with Gasteiger partial charge in [-0.05, 0) is 13.0 Å². The second-order valence-corrected chi connectivity index (χ2v) is 3.87. The summed E-state index contributed by atoms with van der Waals surface area (Å²) in [6.07, 6.45) is 0.770. The lowest BCUT2D eigenvalue weighted by Crippen LogP contribution is -2.06. The SMILES string of the molecule is NCCCC(=O)O.O=S(=O)(O)CCO. The van der Waals surface area contributed by atoms with Crippen molar-refractivity contribution in [2.45, 2.75) is 12.8 Å². The van der Waals surface area contributed by atoms with Crippen LogP contribution >= 0.6 is 0 Å². The van der Waals surface area contributed by atoms with Gasteiger partial charge in [0.05, 0.1) is 12.4 Å². The van der Waals surface area contributed by atoms with E-state index in [4.69, 9.17) is 20.5 Å². The maximum absolute atomic E-state index is 9.70. The summed E-state index contributed by atoms with van der Waals surface area (Å²) >= 11 is 0. The van der Waals surface area contributed by atoms with Crippen molar-refractivity contribution in [3.63, 3.8) is 0 Å². The first-order valence-electron chi connectivity index (χ1n) is 3.81. The first-order chi connectivity index (χ1) is 6.33. The maximum atomic E-state index is 9.70. The molecular weight excluding hydrogens is 214 g/mol. The van der Waals surface area contributed by atoms with Gasteiger partial charge in [-0.2, -0.15) is 8.42 Å². The van der Waals surface area contributed by atoms with Gasteiger partial charge in [-0.15, -0.1) is 0 Å². The maximum Gasteiger partial charge on any atom is 0.303 e. The fourth-order valence-corrected chi connectivity index (χ4v) is 0.599. The highest BCUT2D eigenvalue weighted by Crippen LogP contribution is 1.82. The molecule has 0 aliphatic carbocycles. The molecule has 0 fully saturated rings. The van der Waals surface area contributed by atoms with E-state index in [9.17, 15) is 13.2 Å². The van der Waals surface area contributed by atoms with E-state index in [2.05, 4.69) is 0 Å². The van der Waals surface area contributed by atoms with Gasteiger partial charge in [-0.25, -0.2) is 0 Å². The molecule has 0 unspecified atom stereocenters. The molecule has 0 aliphatic rings. The van der Waals surface area contributed by atoms with Gasteiger partial charge >= 0.3 is 5.97 Å². The first-order valence-corrected chi connectivity index (χ1v) is 5.42. The van der Waals surface area contributed by atoms with Gasteiger partial charge in [0, 0.05) is 6.42 Å². The quantitative estimate of drug-likeness (QED) is 0.429. The molecule has 0 radical (unpaired) electrons. The number of aliphatic hydroxyl groups excluding tert-OH is 1. The molecule has 86 valence electrons. The van der Waals surface area contributed by atoms with E-state index >= 15 is 0 Å². The summed E-state index contributed by atoms with van der Waals surface area (Å²) in [5.41, 5.74) is 5.01. The molecule has 0 saturated heterocycles. The van der Waals surface area contributed by atoms with Crippen LogP contribution in [0, 0.1) is 0 Å². The largest absolute Gasteiger partial charge is 0.481 e. The van der Waals surface area contributed by atoms with Crippen LogP contribution in [0.3, 0.4) is 0 Å². The normalized spacial score (nSPS) is 10.2. The zero-order valence-electron chi connectivity index (χ0n) is 7.59. The number of hydrogen-bond acceptors (Lipinski definition) is 5. The summed E-state index contributed by atoms with van der Waals surface area (Å²) < 4.78 is 27.1. The van der Waals surface area contributed by atoms with Crippen LogP contribution in [0.15, 0.2) is 0 Å². The van der Waals surface area contributed by atoms with Gasteiger partial charge in [-0.1, -0.05) is 0 Å². The molecule has 14 heavy (non-hydrogen) atoms. The topological polar surface area (TPSA) is 138 Å². The lowest BCUT2D eigenvalue weighted by atomic mass is 10.3. The van der Waals surface area contributed by atoms with Crippen LogP contribution < -0.4 is 5.73 Å². The Balaban J connectivity index is 0. The van der Waals surface area contributed by atoms with Gasteiger partial charge in [0.2, 0.25) is 0 Å². The predicted molar refractivity (Wildman–Crippen MR) is 49.4 cm³/mol. The molecule has 0 aromatic rings. The number of rotatable bonds is 5. The minimum atomic E-state index is -3.92. The van der Waals surface area contributed by atoms with Crippen LogP contribution in [0.2, 0.25) is 0 Å². The highest BCUT2D eigenvalue weighted by atomic mass is 32.2. The van der Waals surface area contributed by atoms with E-state index in [-0.39, 0.29) is 6.42 Å². The Bertz CT molecular complexity index is 237. The summed E-state index contributed by atoms with van der Waals surface area (Å²) in [5, 5.41) is 15.9. The van der Waals surface area contributed by atoms with Crippen molar-refractivity contribution in [3.8, 4) is 0 Å². The first kappa shape index (κ1) is 15.8. The van der Waals surface area contributed by atoms with Gasteiger partial charge in [0.25, 0.3) is 10.1 Å². The van der Waals surface area contributed by atoms with Crippen LogP contribution in [-0.4, -0.2) is 48.1 Å². The molecule has 8 heteroatoms. The van der Waals surface area contributed by atoms with Crippen molar-refractivity contribution in [1.82, 2.24) is 0 Å². The Labute approximate surface area is 82.3 Å². The number of aliphatic carboxylic acids is 1. The minimum absolute atomic E-state index is 0.191. The molecular formula is C6H15NO6S. The van der Waals surface area contributed by atoms with E-state index in [1.807, 2.05) is 0 Å². The number of hydrogen-bond donors (Lipinski definition) is 4. The molecule has 0 spiro atoms. The zero-order valence-corrected chi connectivity index (χ0v) is 8.40. The molecule has 7 nitrogen and oxygen atoms in total. The fraction of sp³-hybridized carbons (Fsp3) is 0.833. The highest BCUT2D eigenvalue weighted by Gasteiger charge is 1.99. The fourth-order valence-electron chi connectivity index (χ4n) is 0.369. The van der Waals surface area contributed by atoms with Crippen molar-refractivity contribution in [2.75, 3.05) is 18.9 Å². The van der Waals surface area contributed by atoms with Crippen molar-refractivity contribution >= 4 is 16.1 Å². The molecule has 0 aromatic carbocycles. The van der Waals surface area contributed by atoms with E-state index in [1.54, 1.807) is 0 Å². The molecule has 0 bridgehead atoms. The van der Waals surface area contributed by atoms with E-state index in [1.165, 1.54) is 0 Å². The summed E-state index contributed by atoms with van der Waals surface area (Å²) in [6, 6.07) is 0. The van der Waals surface area contributed by atoms with Gasteiger partial charge in [0.1, 0.15) is 0 Å². The minimum Gasteiger partial charge on any atom is -0.481 e. The average molecular weight is 229 g/mol. The highest BCUT2D eigenvalue weighted by molar-refractivity contribution is 7.85. The Morgan fingerprint density at radius 1 is 1.36 bits per heavy atom. The third-order valence-corrected chi connectivity index (χ3v) is 1.64. The third-order valence-electron chi connectivity index (χ3n) is 0.944. The third kappa shape index (κ3) is 22.5. The molecule has 0 rings (SSSR count). The summed E-state index contributed by atoms with van der Waals surface area (Å²) in [4.78, 5) is 9.70. The molecule has 0 heterocycles. The Kier molecular flexibility index (Phi) is 9.99. The predicted octanol–water partition coefficient (Wildman–Crippen LogP) is -1.32. The lowest BCUT2D eigenvalue weighted by molar-refractivity contribution is -0.137. The van der Waals surface area contributed by atoms with Crippen LogP contribution in [0.5, 0.6) is 0 Å². The Morgan fingerprint density at radius 2 is 1.86 bits per heavy atom. The Hall–Kier alpha value is -0.700. The van der Waals surface area contributed by atoms with Gasteiger partial charge in [0.15, 0.2) is 0 Å². The van der Waals surface area contributed by atoms with Crippen LogP contribution in [0.25, 0.3) is 0 Å². The smallest absolute Gasteiger partial charge is 0.303 e. The van der Waals surface area contributed by atoms with Gasteiger partial charge < -0.3 is 15.9 Å².